The van der Waals surface area contributed by atoms with Crippen LogP contribution in [0.25, 0.3) is 22.3 Å². The first-order valence-electron chi connectivity index (χ1n) is 9.07. The lowest BCUT2D eigenvalue weighted by molar-refractivity contribution is 0.102. The van der Waals surface area contributed by atoms with Gasteiger partial charge in [-0.3, -0.25) is 15.2 Å². The number of benzene rings is 2. The van der Waals surface area contributed by atoms with Gasteiger partial charge in [0.2, 0.25) is 5.95 Å². The number of carbonyl (C=O) groups is 1. The SMILES string of the molecule is CCn1c(NC(=O)c2cc(-c3cccc(OC)c3)n[nH]2)nc2cc(C)ccc21. The minimum Gasteiger partial charge on any atom is -0.497 e. The minimum atomic E-state index is -0.289. The Morgan fingerprint density at radius 2 is 2.07 bits per heavy atom. The number of anilines is 1. The highest BCUT2D eigenvalue weighted by atomic mass is 16.5. The summed E-state index contributed by atoms with van der Waals surface area (Å²) in [4.78, 5) is 17.3. The van der Waals surface area contributed by atoms with Crippen LogP contribution < -0.4 is 10.1 Å². The molecule has 0 aliphatic carbocycles. The molecule has 0 aliphatic heterocycles. The number of aryl methyl sites for hydroxylation is 2. The van der Waals surface area contributed by atoms with Crippen LogP contribution in [0.5, 0.6) is 5.75 Å². The normalized spacial score (nSPS) is 11.0. The van der Waals surface area contributed by atoms with Gasteiger partial charge in [0.1, 0.15) is 11.4 Å². The maximum Gasteiger partial charge on any atom is 0.275 e. The Morgan fingerprint density at radius 3 is 2.86 bits per heavy atom. The molecule has 7 heteroatoms. The minimum absolute atomic E-state index is 0.289. The Labute approximate surface area is 162 Å². The fourth-order valence-corrected chi connectivity index (χ4v) is 3.19. The van der Waals surface area contributed by atoms with Crippen LogP contribution in [-0.4, -0.2) is 32.8 Å². The quantitative estimate of drug-likeness (QED) is 0.552. The maximum atomic E-state index is 12.7. The van der Waals surface area contributed by atoms with Crippen LogP contribution in [0.15, 0.2) is 48.5 Å². The molecule has 2 N–H and O–H groups in total. The predicted molar refractivity (Wildman–Crippen MR) is 109 cm³/mol. The van der Waals surface area contributed by atoms with E-state index in [0.717, 1.165) is 27.9 Å². The third kappa shape index (κ3) is 3.22. The number of imidazole rings is 1. The number of carbonyl (C=O) groups excluding carboxylic acids is 1. The van der Waals surface area contributed by atoms with E-state index in [-0.39, 0.29) is 5.91 Å². The first-order chi connectivity index (χ1) is 13.6. The van der Waals surface area contributed by atoms with Crippen molar-refractivity contribution in [1.82, 2.24) is 19.7 Å². The van der Waals surface area contributed by atoms with E-state index in [1.54, 1.807) is 13.2 Å². The molecule has 2 aromatic carbocycles. The molecule has 4 rings (SSSR count). The third-order valence-electron chi connectivity index (χ3n) is 4.63. The largest absolute Gasteiger partial charge is 0.497 e. The second-order valence-electron chi connectivity index (χ2n) is 6.52. The van der Waals surface area contributed by atoms with Crippen molar-refractivity contribution in [3.05, 3.63) is 59.8 Å². The summed E-state index contributed by atoms with van der Waals surface area (Å²) in [6.45, 7) is 4.74. The lowest BCUT2D eigenvalue weighted by atomic mass is 10.1. The third-order valence-corrected chi connectivity index (χ3v) is 4.63. The molecular formula is C21H21N5O2. The second kappa shape index (κ2) is 7.19. The topological polar surface area (TPSA) is 84.8 Å². The molecule has 0 spiro atoms. The van der Waals surface area contributed by atoms with E-state index in [1.165, 1.54) is 0 Å². The summed E-state index contributed by atoms with van der Waals surface area (Å²) in [6, 6.07) is 15.3. The number of rotatable bonds is 5. The van der Waals surface area contributed by atoms with Crippen LogP contribution in [0, 0.1) is 6.92 Å². The Kier molecular flexibility index (Phi) is 4.57. The summed E-state index contributed by atoms with van der Waals surface area (Å²) < 4.78 is 7.22. The number of methoxy groups -OCH3 is 1. The highest BCUT2D eigenvalue weighted by molar-refractivity contribution is 6.03. The number of nitrogens with zero attached hydrogens (tertiary/aromatic N) is 3. The molecule has 0 radical (unpaired) electrons. The van der Waals surface area contributed by atoms with Crippen molar-refractivity contribution in [2.24, 2.45) is 0 Å². The molecule has 2 aromatic heterocycles. The molecule has 142 valence electrons. The van der Waals surface area contributed by atoms with Crippen molar-refractivity contribution >= 4 is 22.9 Å². The van der Waals surface area contributed by atoms with Crippen LogP contribution >= 0.6 is 0 Å². The molecule has 0 fully saturated rings. The van der Waals surface area contributed by atoms with Crippen molar-refractivity contribution in [3.8, 4) is 17.0 Å². The van der Waals surface area contributed by atoms with Gasteiger partial charge in [0.25, 0.3) is 5.91 Å². The molecule has 4 aromatic rings. The van der Waals surface area contributed by atoms with Gasteiger partial charge >= 0.3 is 0 Å². The highest BCUT2D eigenvalue weighted by Crippen LogP contribution is 2.24. The average Bonchev–Trinajstić information content (AvgIpc) is 3.32. The van der Waals surface area contributed by atoms with Gasteiger partial charge in [-0.05, 0) is 49.7 Å². The van der Waals surface area contributed by atoms with Gasteiger partial charge in [-0.1, -0.05) is 18.2 Å². The highest BCUT2D eigenvalue weighted by Gasteiger charge is 2.16. The van der Waals surface area contributed by atoms with E-state index < -0.39 is 0 Å². The monoisotopic (exact) mass is 375 g/mol. The first kappa shape index (κ1) is 17.8. The number of aromatic nitrogens is 4. The Balaban J connectivity index is 1.61. The summed E-state index contributed by atoms with van der Waals surface area (Å²) in [5.41, 5.74) is 4.88. The fourth-order valence-electron chi connectivity index (χ4n) is 3.19. The van der Waals surface area contributed by atoms with Crippen molar-refractivity contribution < 1.29 is 9.53 Å². The van der Waals surface area contributed by atoms with Gasteiger partial charge in [-0.2, -0.15) is 5.10 Å². The number of nitrogens with one attached hydrogen (secondary N) is 2. The molecule has 0 atom stereocenters. The van der Waals surface area contributed by atoms with Crippen LogP contribution in [0.1, 0.15) is 23.0 Å². The zero-order valence-electron chi connectivity index (χ0n) is 16.0. The number of amides is 1. The maximum absolute atomic E-state index is 12.7. The molecule has 0 unspecified atom stereocenters. The summed E-state index contributed by atoms with van der Waals surface area (Å²) >= 11 is 0. The number of hydrogen-bond acceptors (Lipinski definition) is 4. The van der Waals surface area contributed by atoms with E-state index in [9.17, 15) is 4.79 Å². The van der Waals surface area contributed by atoms with Gasteiger partial charge in [0.15, 0.2) is 0 Å². The lowest BCUT2D eigenvalue weighted by Gasteiger charge is -2.06. The summed E-state index contributed by atoms with van der Waals surface area (Å²) in [7, 11) is 1.61. The van der Waals surface area contributed by atoms with Crippen molar-refractivity contribution in [2.75, 3.05) is 12.4 Å². The molecular weight excluding hydrogens is 354 g/mol. The number of ether oxygens (including phenoxy) is 1. The fraction of sp³-hybridized carbons (Fsp3) is 0.190. The van der Waals surface area contributed by atoms with Gasteiger partial charge in [0, 0.05) is 12.1 Å². The van der Waals surface area contributed by atoms with E-state index in [4.69, 9.17) is 4.74 Å². The van der Waals surface area contributed by atoms with Gasteiger partial charge in [0.05, 0.1) is 23.8 Å². The Bertz CT molecular complexity index is 1160. The number of aromatic amines is 1. The van der Waals surface area contributed by atoms with Gasteiger partial charge < -0.3 is 9.30 Å². The van der Waals surface area contributed by atoms with E-state index >= 15 is 0 Å². The van der Waals surface area contributed by atoms with Gasteiger partial charge in [-0.15, -0.1) is 0 Å². The zero-order valence-corrected chi connectivity index (χ0v) is 16.0. The van der Waals surface area contributed by atoms with Crippen LogP contribution in [-0.2, 0) is 6.54 Å². The number of fused-ring (bicyclic) bond motifs is 1. The van der Waals surface area contributed by atoms with Crippen molar-refractivity contribution in [2.45, 2.75) is 20.4 Å². The summed E-state index contributed by atoms with van der Waals surface area (Å²) in [5.74, 6) is 0.965. The smallest absolute Gasteiger partial charge is 0.275 e. The summed E-state index contributed by atoms with van der Waals surface area (Å²) in [6.07, 6.45) is 0. The molecule has 0 saturated heterocycles. The average molecular weight is 375 g/mol. The van der Waals surface area contributed by atoms with E-state index in [2.05, 4.69) is 20.5 Å². The van der Waals surface area contributed by atoms with Crippen LogP contribution in [0.2, 0.25) is 0 Å². The van der Waals surface area contributed by atoms with Crippen LogP contribution in [0.4, 0.5) is 5.95 Å². The Hall–Kier alpha value is -3.61. The molecule has 0 bridgehead atoms. The van der Waals surface area contributed by atoms with Crippen molar-refractivity contribution in [3.63, 3.8) is 0 Å². The molecule has 0 aliphatic rings. The molecule has 0 saturated carbocycles. The van der Waals surface area contributed by atoms with E-state index in [1.807, 2.05) is 60.9 Å². The number of H-pyrrole nitrogens is 1. The molecule has 28 heavy (non-hydrogen) atoms. The van der Waals surface area contributed by atoms with E-state index in [0.29, 0.717) is 23.9 Å². The summed E-state index contributed by atoms with van der Waals surface area (Å²) in [5, 5.41) is 9.95. The predicted octanol–water partition coefficient (Wildman–Crippen LogP) is 4.02. The number of hydrogen-bond donors (Lipinski definition) is 2. The molecule has 7 nitrogen and oxygen atoms in total. The Morgan fingerprint density at radius 1 is 1.21 bits per heavy atom. The zero-order chi connectivity index (χ0) is 19.7. The molecule has 1 amide bonds. The first-order valence-corrected chi connectivity index (χ1v) is 9.07. The van der Waals surface area contributed by atoms with Gasteiger partial charge in [-0.25, -0.2) is 4.98 Å². The molecule has 2 heterocycles. The van der Waals surface area contributed by atoms with Crippen LogP contribution in [0.3, 0.4) is 0 Å². The standard InChI is InChI=1S/C21H21N5O2/c1-4-26-19-9-8-13(2)10-17(19)22-21(26)23-20(27)18-12-16(24-25-18)14-6-5-7-15(11-14)28-3/h5-12H,4H2,1-3H3,(H,24,25)(H,22,23,27). The lowest BCUT2D eigenvalue weighted by Crippen LogP contribution is -2.16. The van der Waals surface area contributed by atoms with Crippen molar-refractivity contribution in [1.29, 1.82) is 0 Å². The second-order valence-corrected chi connectivity index (χ2v) is 6.52.